The van der Waals surface area contributed by atoms with E-state index in [1.807, 2.05) is 0 Å². The summed E-state index contributed by atoms with van der Waals surface area (Å²) in [5.41, 5.74) is 5.37. The Balaban J connectivity index is 1.94. The van der Waals surface area contributed by atoms with Crippen LogP contribution in [0.3, 0.4) is 0 Å². The largest absolute Gasteiger partial charge is 0.368 e. The molecule has 1 aromatic rings. The van der Waals surface area contributed by atoms with Crippen molar-refractivity contribution in [2.24, 2.45) is 5.73 Å². The summed E-state index contributed by atoms with van der Waals surface area (Å²) in [5.74, 6) is -1.56. The van der Waals surface area contributed by atoms with Gasteiger partial charge in [0.25, 0.3) is 11.8 Å². The van der Waals surface area contributed by atoms with Gasteiger partial charge in [0.15, 0.2) is 0 Å². The second-order valence-electron chi connectivity index (χ2n) is 3.76. The van der Waals surface area contributed by atoms with Gasteiger partial charge >= 0.3 is 0 Å². The van der Waals surface area contributed by atoms with Crippen molar-refractivity contribution in [2.45, 2.75) is 6.04 Å². The molecule has 2 heterocycles. The number of carbonyl (C=O) groups excluding carboxylic acids is 3. The van der Waals surface area contributed by atoms with Crippen molar-refractivity contribution in [3.63, 3.8) is 0 Å². The van der Waals surface area contributed by atoms with Gasteiger partial charge in [0, 0.05) is 12.4 Å². The fourth-order valence-electron chi connectivity index (χ4n) is 1.55. The summed E-state index contributed by atoms with van der Waals surface area (Å²) in [6.07, 6.45) is 3.11. The molecular formula is C10H12N4O4. The number of amides is 3. The molecule has 3 amide bonds. The van der Waals surface area contributed by atoms with Crippen LogP contribution in [0, 0.1) is 0 Å². The smallest absolute Gasteiger partial charge is 0.271 e. The van der Waals surface area contributed by atoms with Gasteiger partial charge < -0.3 is 16.0 Å². The van der Waals surface area contributed by atoms with Crippen LogP contribution < -0.4 is 11.1 Å². The molecule has 1 aromatic heterocycles. The molecule has 0 saturated carbocycles. The summed E-state index contributed by atoms with van der Waals surface area (Å²) < 4.78 is 0. The zero-order valence-electron chi connectivity index (χ0n) is 9.38. The Labute approximate surface area is 102 Å². The predicted molar refractivity (Wildman–Crippen MR) is 58.9 cm³/mol. The highest BCUT2D eigenvalue weighted by Crippen LogP contribution is 2.08. The van der Waals surface area contributed by atoms with Crippen LogP contribution in [0.25, 0.3) is 0 Å². The van der Waals surface area contributed by atoms with E-state index in [-0.39, 0.29) is 19.1 Å². The molecule has 1 aliphatic rings. The van der Waals surface area contributed by atoms with Gasteiger partial charge in [-0.2, -0.15) is 0 Å². The van der Waals surface area contributed by atoms with E-state index in [9.17, 15) is 14.4 Å². The van der Waals surface area contributed by atoms with Gasteiger partial charge in [-0.3, -0.25) is 19.2 Å². The average Bonchev–Trinajstić information content (AvgIpc) is 2.93. The van der Waals surface area contributed by atoms with E-state index in [1.54, 1.807) is 12.3 Å². The van der Waals surface area contributed by atoms with Crippen LogP contribution in [0.1, 0.15) is 10.4 Å². The molecule has 0 unspecified atom stereocenters. The van der Waals surface area contributed by atoms with Gasteiger partial charge in [0.1, 0.15) is 19.2 Å². The minimum atomic E-state index is -0.799. The second-order valence-corrected chi connectivity index (χ2v) is 3.76. The Morgan fingerprint density at radius 3 is 3.00 bits per heavy atom. The number of primary amides is 1. The van der Waals surface area contributed by atoms with Gasteiger partial charge in [-0.05, 0) is 6.07 Å². The highest BCUT2D eigenvalue weighted by molar-refractivity contribution is 5.98. The maximum Gasteiger partial charge on any atom is 0.271 e. The Morgan fingerprint density at radius 2 is 2.39 bits per heavy atom. The Kier molecular flexibility index (Phi) is 3.28. The van der Waals surface area contributed by atoms with Crippen LogP contribution >= 0.6 is 0 Å². The van der Waals surface area contributed by atoms with Crippen LogP contribution in [0.4, 0.5) is 0 Å². The summed E-state index contributed by atoms with van der Waals surface area (Å²) in [5, 5.41) is 3.36. The van der Waals surface area contributed by atoms with E-state index in [4.69, 9.17) is 10.6 Å². The van der Waals surface area contributed by atoms with Crippen molar-refractivity contribution in [1.82, 2.24) is 15.4 Å². The van der Waals surface area contributed by atoms with Gasteiger partial charge in [-0.25, -0.2) is 5.06 Å². The highest BCUT2D eigenvalue weighted by atomic mass is 16.7. The fraction of sp³-hybridized carbons (Fsp3) is 0.300. The third-order valence-corrected chi connectivity index (χ3v) is 2.41. The molecule has 1 fully saturated rings. The van der Waals surface area contributed by atoms with Crippen molar-refractivity contribution in [2.75, 3.05) is 13.2 Å². The van der Waals surface area contributed by atoms with Crippen LogP contribution in [0.5, 0.6) is 0 Å². The van der Waals surface area contributed by atoms with E-state index in [2.05, 4.69) is 10.3 Å². The van der Waals surface area contributed by atoms with Crippen LogP contribution in [0.15, 0.2) is 18.5 Å². The van der Waals surface area contributed by atoms with Crippen molar-refractivity contribution in [3.05, 3.63) is 24.0 Å². The molecule has 2 rings (SSSR count). The molecule has 8 heteroatoms. The van der Waals surface area contributed by atoms with E-state index in [0.29, 0.717) is 5.56 Å². The first-order valence-electron chi connectivity index (χ1n) is 5.24. The average molecular weight is 252 g/mol. The highest BCUT2D eigenvalue weighted by Gasteiger charge is 2.35. The molecule has 0 aliphatic carbocycles. The predicted octanol–water partition coefficient (Wildman–Crippen LogP) is -1.63. The Bertz CT molecular complexity index is 470. The molecule has 0 bridgehead atoms. The molecule has 0 radical (unpaired) electrons. The number of rotatable bonds is 4. The van der Waals surface area contributed by atoms with E-state index in [1.165, 1.54) is 6.20 Å². The minimum absolute atomic E-state index is 0.0116. The van der Waals surface area contributed by atoms with Crippen molar-refractivity contribution in [1.29, 1.82) is 0 Å². The third-order valence-electron chi connectivity index (χ3n) is 2.41. The number of nitrogens with two attached hydrogens (primary N) is 1. The second kappa shape index (κ2) is 4.88. The summed E-state index contributed by atoms with van der Waals surface area (Å²) in [6.45, 7) is -0.336. The fourth-order valence-corrected chi connectivity index (χ4v) is 1.55. The summed E-state index contributed by atoms with van der Waals surface area (Å²) >= 11 is 0. The number of aromatic nitrogens is 1. The first-order valence-corrected chi connectivity index (χ1v) is 5.24. The lowest BCUT2D eigenvalue weighted by atomic mass is 10.2. The molecular weight excluding hydrogens is 240 g/mol. The van der Waals surface area contributed by atoms with Crippen LogP contribution in [-0.4, -0.2) is 47.0 Å². The zero-order chi connectivity index (χ0) is 13.1. The Hall–Kier alpha value is -2.35. The molecule has 96 valence electrons. The summed E-state index contributed by atoms with van der Waals surface area (Å²) in [6, 6.07) is 0.781. The van der Waals surface area contributed by atoms with E-state index in [0.717, 1.165) is 5.06 Å². The Morgan fingerprint density at radius 1 is 1.61 bits per heavy atom. The van der Waals surface area contributed by atoms with Crippen molar-refractivity contribution in [3.8, 4) is 0 Å². The molecule has 8 nitrogen and oxygen atoms in total. The molecule has 1 saturated heterocycles. The zero-order valence-corrected chi connectivity index (χ0v) is 9.38. The lowest BCUT2D eigenvalue weighted by Gasteiger charge is -2.12. The topological polar surface area (TPSA) is 118 Å². The van der Waals surface area contributed by atoms with Crippen molar-refractivity contribution < 1.29 is 19.2 Å². The first kappa shape index (κ1) is 12.1. The first-order chi connectivity index (χ1) is 8.58. The molecule has 18 heavy (non-hydrogen) atoms. The summed E-state index contributed by atoms with van der Waals surface area (Å²) in [7, 11) is 0. The van der Waals surface area contributed by atoms with E-state index < -0.39 is 17.9 Å². The lowest BCUT2D eigenvalue weighted by Crippen LogP contribution is -2.44. The number of hydroxylamine groups is 2. The number of hydrogen-bond acceptors (Lipinski definition) is 4. The number of hydrogen-bond donors (Lipinski definition) is 3. The normalized spacial score (nSPS) is 19.0. The number of nitrogens with zero attached hydrogens (tertiary/aromatic N) is 1. The van der Waals surface area contributed by atoms with Crippen LogP contribution in [-0.2, 0) is 14.4 Å². The van der Waals surface area contributed by atoms with Gasteiger partial charge in [0.2, 0.25) is 5.91 Å². The molecule has 0 aromatic carbocycles. The molecule has 1 aliphatic heterocycles. The standard InChI is InChI=1S/C10H12N4O4/c11-8(15)4-14-10(17)7(5-18-14)13-9(16)6-1-2-12-3-6/h1-3,7,12H,4-5H2,(H2,11,15)(H,13,16)/t7-/m1/s1. The number of H-pyrrole nitrogens is 1. The minimum Gasteiger partial charge on any atom is -0.368 e. The molecule has 0 spiro atoms. The number of aromatic amines is 1. The van der Waals surface area contributed by atoms with Crippen LogP contribution in [0.2, 0.25) is 0 Å². The van der Waals surface area contributed by atoms with E-state index >= 15 is 0 Å². The summed E-state index contributed by atoms with van der Waals surface area (Å²) in [4.78, 5) is 41.8. The lowest BCUT2D eigenvalue weighted by molar-refractivity contribution is -0.165. The van der Waals surface area contributed by atoms with Gasteiger partial charge in [-0.1, -0.05) is 0 Å². The number of nitrogens with one attached hydrogen (secondary N) is 2. The maximum absolute atomic E-state index is 11.7. The SMILES string of the molecule is NC(=O)CN1OC[C@@H](NC(=O)c2cc[nH]c2)C1=O. The maximum atomic E-state index is 11.7. The number of carbonyl (C=O) groups is 3. The molecule has 1 atom stereocenters. The van der Waals surface area contributed by atoms with Gasteiger partial charge in [0.05, 0.1) is 5.56 Å². The third kappa shape index (κ3) is 2.48. The van der Waals surface area contributed by atoms with Crippen molar-refractivity contribution >= 4 is 17.7 Å². The quantitative estimate of drug-likeness (QED) is 0.596. The monoisotopic (exact) mass is 252 g/mol. The van der Waals surface area contributed by atoms with Gasteiger partial charge in [-0.15, -0.1) is 0 Å². The molecule has 4 N–H and O–H groups in total.